The largest absolute Gasteiger partial charge is 0.484 e. The Morgan fingerprint density at radius 2 is 2.38 bits per heavy atom. The van der Waals surface area contributed by atoms with Crippen molar-refractivity contribution in [2.24, 2.45) is 5.73 Å². The molecule has 0 saturated heterocycles. The summed E-state index contributed by atoms with van der Waals surface area (Å²) in [7, 11) is 0. The van der Waals surface area contributed by atoms with E-state index in [0.717, 1.165) is 6.42 Å². The first-order valence-electron chi connectivity index (χ1n) is 5.08. The van der Waals surface area contributed by atoms with Crippen LogP contribution in [-0.4, -0.2) is 24.6 Å². The Morgan fingerprint density at radius 3 is 3.00 bits per heavy atom. The number of amides is 1. The number of hydrogen-bond donors (Lipinski definition) is 2. The fourth-order valence-electron chi connectivity index (χ4n) is 1.33. The van der Waals surface area contributed by atoms with Gasteiger partial charge in [-0.25, -0.2) is 0 Å². The molecule has 0 aromatic heterocycles. The zero-order valence-electron chi connectivity index (χ0n) is 8.65. The third kappa shape index (κ3) is 3.12. The Bertz CT molecular complexity index is 397. The van der Waals surface area contributed by atoms with Crippen LogP contribution in [0.5, 0.6) is 5.75 Å². The van der Waals surface area contributed by atoms with Crippen molar-refractivity contribution in [3.63, 3.8) is 0 Å². The average Bonchev–Trinajstić information content (AvgIpc) is 2.91. The lowest BCUT2D eigenvalue weighted by Gasteiger charge is -2.06. The minimum atomic E-state index is -0.155. The topological polar surface area (TPSA) is 64.3 Å². The molecular weight excluding hydrogens is 228 g/mol. The maximum atomic E-state index is 11.4. The Hall–Kier alpha value is -1.26. The Kier molecular flexibility index (Phi) is 3.31. The molecule has 4 nitrogen and oxygen atoms in total. The van der Waals surface area contributed by atoms with Gasteiger partial charge < -0.3 is 15.8 Å². The monoisotopic (exact) mass is 240 g/mol. The number of benzene rings is 1. The molecule has 2 unspecified atom stereocenters. The average molecular weight is 241 g/mol. The molecule has 0 aliphatic heterocycles. The van der Waals surface area contributed by atoms with Crippen LogP contribution in [0.4, 0.5) is 0 Å². The number of halogens is 1. The van der Waals surface area contributed by atoms with Crippen LogP contribution in [-0.2, 0) is 4.79 Å². The van der Waals surface area contributed by atoms with Crippen molar-refractivity contribution in [3.05, 3.63) is 29.3 Å². The predicted molar refractivity (Wildman–Crippen MR) is 61.5 cm³/mol. The van der Waals surface area contributed by atoms with Gasteiger partial charge in [-0.2, -0.15) is 0 Å². The first kappa shape index (κ1) is 11.2. The number of nitrogens with two attached hydrogens (primary N) is 1. The lowest BCUT2D eigenvalue weighted by molar-refractivity contribution is -0.123. The SMILES string of the molecule is NC1CC1NC(=O)COc1cccc(Cl)c1. The van der Waals surface area contributed by atoms with Gasteiger partial charge in [-0.05, 0) is 24.6 Å². The molecule has 5 heteroatoms. The highest BCUT2D eigenvalue weighted by atomic mass is 35.5. The molecule has 0 bridgehead atoms. The first-order valence-corrected chi connectivity index (χ1v) is 5.46. The normalized spacial score (nSPS) is 22.6. The summed E-state index contributed by atoms with van der Waals surface area (Å²) in [6.45, 7) is -0.0104. The van der Waals surface area contributed by atoms with Gasteiger partial charge in [0.15, 0.2) is 6.61 Å². The number of hydrogen-bond acceptors (Lipinski definition) is 3. The molecule has 0 spiro atoms. The third-order valence-electron chi connectivity index (χ3n) is 2.35. The molecule has 1 aromatic carbocycles. The zero-order chi connectivity index (χ0) is 11.5. The van der Waals surface area contributed by atoms with Crippen LogP contribution in [0.2, 0.25) is 5.02 Å². The minimum absolute atomic E-state index is 0.0104. The van der Waals surface area contributed by atoms with Crippen molar-refractivity contribution in [1.82, 2.24) is 5.32 Å². The molecule has 2 rings (SSSR count). The summed E-state index contributed by atoms with van der Waals surface area (Å²) in [5.74, 6) is 0.431. The molecule has 0 heterocycles. The molecule has 0 radical (unpaired) electrons. The van der Waals surface area contributed by atoms with Crippen molar-refractivity contribution in [1.29, 1.82) is 0 Å². The fraction of sp³-hybridized carbons (Fsp3) is 0.364. The second-order valence-corrected chi connectivity index (χ2v) is 4.26. The van der Waals surface area contributed by atoms with Gasteiger partial charge in [0.1, 0.15) is 5.75 Å². The second-order valence-electron chi connectivity index (χ2n) is 3.82. The van der Waals surface area contributed by atoms with Crippen molar-refractivity contribution in [2.75, 3.05) is 6.61 Å². The summed E-state index contributed by atoms with van der Waals surface area (Å²) in [5.41, 5.74) is 5.57. The minimum Gasteiger partial charge on any atom is -0.484 e. The van der Waals surface area contributed by atoms with E-state index in [4.69, 9.17) is 22.1 Å². The van der Waals surface area contributed by atoms with E-state index in [1.807, 2.05) is 0 Å². The van der Waals surface area contributed by atoms with Gasteiger partial charge in [-0.1, -0.05) is 17.7 Å². The van der Waals surface area contributed by atoms with Crippen LogP contribution >= 0.6 is 11.6 Å². The van der Waals surface area contributed by atoms with Gasteiger partial charge >= 0.3 is 0 Å². The van der Waals surface area contributed by atoms with Gasteiger partial charge in [0.05, 0.1) is 0 Å². The molecule has 1 amide bonds. The molecule has 1 saturated carbocycles. The molecule has 1 fully saturated rings. The number of carbonyl (C=O) groups excluding carboxylic acids is 1. The molecule has 1 aliphatic carbocycles. The summed E-state index contributed by atoms with van der Waals surface area (Å²) < 4.78 is 5.28. The van der Waals surface area contributed by atoms with Gasteiger partial charge in [-0.3, -0.25) is 4.79 Å². The van der Waals surface area contributed by atoms with Gasteiger partial charge in [0.25, 0.3) is 5.91 Å². The Morgan fingerprint density at radius 1 is 1.62 bits per heavy atom. The number of rotatable bonds is 4. The van der Waals surface area contributed by atoms with Crippen LogP contribution < -0.4 is 15.8 Å². The maximum Gasteiger partial charge on any atom is 0.258 e. The first-order chi connectivity index (χ1) is 7.65. The van der Waals surface area contributed by atoms with Crippen molar-refractivity contribution >= 4 is 17.5 Å². The van der Waals surface area contributed by atoms with E-state index in [2.05, 4.69) is 5.32 Å². The van der Waals surface area contributed by atoms with Gasteiger partial charge in [0, 0.05) is 17.1 Å². The van der Waals surface area contributed by atoms with E-state index in [1.165, 1.54) is 0 Å². The van der Waals surface area contributed by atoms with Crippen LogP contribution in [0, 0.1) is 0 Å². The van der Waals surface area contributed by atoms with Crippen LogP contribution in [0.25, 0.3) is 0 Å². The number of carbonyl (C=O) groups is 1. The number of ether oxygens (including phenoxy) is 1. The quantitative estimate of drug-likeness (QED) is 0.823. The van der Waals surface area contributed by atoms with Crippen LogP contribution in [0.3, 0.4) is 0 Å². The van der Waals surface area contributed by atoms with Gasteiger partial charge in [-0.15, -0.1) is 0 Å². The van der Waals surface area contributed by atoms with Crippen molar-refractivity contribution in [3.8, 4) is 5.75 Å². The third-order valence-corrected chi connectivity index (χ3v) is 2.59. The van der Waals surface area contributed by atoms with E-state index in [-0.39, 0.29) is 24.6 Å². The van der Waals surface area contributed by atoms with E-state index >= 15 is 0 Å². The predicted octanol–water partition coefficient (Wildman–Crippen LogP) is 0.935. The summed E-state index contributed by atoms with van der Waals surface area (Å²) >= 11 is 5.78. The van der Waals surface area contributed by atoms with Crippen molar-refractivity contribution < 1.29 is 9.53 Å². The maximum absolute atomic E-state index is 11.4. The molecule has 16 heavy (non-hydrogen) atoms. The highest BCUT2D eigenvalue weighted by Gasteiger charge is 2.34. The smallest absolute Gasteiger partial charge is 0.258 e. The summed E-state index contributed by atoms with van der Waals surface area (Å²) in [6, 6.07) is 7.16. The van der Waals surface area contributed by atoms with E-state index in [0.29, 0.717) is 10.8 Å². The molecule has 1 aromatic rings. The lowest BCUT2D eigenvalue weighted by Crippen LogP contribution is -2.33. The van der Waals surface area contributed by atoms with E-state index in [1.54, 1.807) is 24.3 Å². The Labute approximate surface area is 98.7 Å². The lowest BCUT2D eigenvalue weighted by atomic mass is 10.3. The van der Waals surface area contributed by atoms with Crippen molar-refractivity contribution in [2.45, 2.75) is 18.5 Å². The van der Waals surface area contributed by atoms with Crippen LogP contribution in [0.1, 0.15) is 6.42 Å². The highest BCUT2D eigenvalue weighted by molar-refractivity contribution is 6.30. The summed E-state index contributed by atoms with van der Waals surface area (Å²) in [6.07, 6.45) is 0.850. The number of nitrogens with one attached hydrogen (secondary N) is 1. The second kappa shape index (κ2) is 4.72. The van der Waals surface area contributed by atoms with E-state index < -0.39 is 0 Å². The van der Waals surface area contributed by atoms with Crippen LogP contribution in [0.15, 0.2) is 24.3 Å². The van der Waals surface area contributed by atoms with E-state index in [9.17, 15) is 4.79 Å². The standard InChI is InChI=1S/C11H13ClN2O2/c12-7-2-1-3-8(4-7)16-6-11(15)14-10-5-9(10)13/h1-4,9-10H,5-6,13H2,(H,14,15). The molecule has 2 atom stereocenters. The molecule has 86 valence electrons. The Balaban J connectivity index is 1.76. The molecule has 1 aliphatic rings. The fourth-order valence-corrected chi connectivity index (χ4v) is 1.52. The van der Waals surface area contributed by atoms with Gasteiger partial charge in [0.2, 0.25) is 0 Å². The summed E-state index contributed by atoms with van der Waals surface area (Å²) in [4.78, 5) is 11.4. The highest BCUT2D eigenvalue weighted by Crippen LogP contribution is 2.18. The summed E-state index contributed by atoms with van der Waals surface area (Å²) in [5, 5.41) is 3.35. The molecule has 3 N–H and O–H groups in total. The zero-order valence-corrected chi connectivity index (χ0v) is 9.41. The molecular formula is C11H13ClN2O2.